The van der Waals surface area contributed by atoms with Gasteiger partial charge in [0.15, 0.2) is 0 Å². The molecule has 8 nitrogen and oxygen atoms in total. The van der Waals surface area contributed by atoms with Crippen LogP contribution in [-0.4, -0.2) is 46.7 Å². The summed E-state index contributed by atoms with van der Waals surface area (Å²) in [5.74, 6) is -1.15. The lowest BCUT2D eigenvalue weighted by Gasteiger charge is -2.34. The van der Waals surface area contributed by atoms with Crippen LogP contribution in [0.1, 0.15) is 49.1 Å². The lowest BCUT2D eigenvalue weighted by Crippen LogP contribution is -2.53. The van der Waals surface area contributed by atoms with Crippen LogP contribution in [0, 0.1) is 32.1 Å². The lowest BCUT2D eigenvalue weighted by molar-refractivity contribution is -0.139. The highest BCUT2D eigenvalue weighted by Gasteiger charge is 2.37. The van der Waals surface area contributed by atoms with Crippen molar-refractivity contribution in [2.45, 2.75) is 59.2 Å². The summed E-state index contributed by atoms with van der Waals surface area (Å²) in [5.41, 5.74) is 2.87. The molecule has 0 saturated heterocycles. The van der Waals surface area contributed by atoms with Crippen molar-refractivity contribution in [3.05, 3.63) is 64.7 Å². The molecule has 0 aliphatic rings. The maximum atomic E-state index is 13.8. The minimum atomic E-state index is -1.12. The Hall–Kier alpha value is -3.51. The molecule has 2 aromatic rings. The first-order valence-electron chi connectivity index (χ1n) is 11.6. The second-order valence-corrected chi connectivity index (χ2v) is 9.88. The second kappa shape index (κ2) is 12.5. The van der Waals surface area contributed by atoms with Gasteiger partial charge in [-0.05, 0) is 69.9 Å². The molecule has 192 valence electrons. The third-order valence-corrected chi connectivity index (χ3v) is 5.84. The second-order valence-electron chi connectivity index (χ2n) is 9.52. The van der Waals surface area contributed by atoms with Crippen molar-refractivity contribution < 1.29 is 19.1 Å². The number of aryl methyl sites for hydroxylation is 3. The molecule has 36 heavy (non-hydrogen) atoms. The van der Waals surface area contributed by atoms with Crippen molar-refractivity contribution >= 4 is 36.2 Å². The Balaban J connectivity index is 2.53. The minimum absolute atomic E-state index is 0.0567. The summed E-state index contributed by atoms with van der Waals surface area (Å²) in [7, 11) is 0. The first-order valence-corrected chi connectivity index (χ1v) is 12.2. The van der Waals surface area contributed by atoms with E-state index < -0.39 is 35.6 Å². The number of thiol groups is 1. The van der Waals surface area contributed by atoms with Crippen LogP contribution in [0.5, 0.6) is 0 Å². The minimum Gasteiger partial charge on any atom is -0.444 e. The van der Waals surface area contributed by atoms with Crippen molar-refractivity contribution in [2.24, 2.45) is 0 Å². The van der Waals surface area contributed by atoms with Gasteiger partial charge in [-0.3, -0.25) is 9.59 Å². The predicted molar refractivity (Wildman–Crippen MR) is 143 cm³/mol. The van der Waals surface area contributed by atoms with E-state index >= 15 is 0 Å². The summed E-state index contributed by atoms with van der Waals surface area (Å²) in [4.78, 5) is 41.0. The summed E-state index contributed by atoms with van der Waals surface area (Å²) in [6.45, 7) is 10.3. The number of hydrogen-bond acceptors (Lipinski definition) is 6. The van der Waals surface area contributed by atoms with Gasteiger partial charge in [0, 0.05) is 11.4 Å². The zero-order valence-corrected chi connectivity index (χ0v) is 22.5. The van der Waals surface area contributed by atoms with Crippen LogP contribution in [0.3, 0.4) is 0 Å². The van der Waals surface area contributed by atoms with Crippen LogP contribution in [0.25, 0.3) is 0 Å². The fraction of sp³-hybridized carbons (Fsp3) is 0.407. The number of benzene rings is 2. The molecular weight excluding hydrogens is 476 g/mol. The molecule has 2 N–H and O–H groups in total. The monoisotopic (exact) mass is 510 g/mol. The molecule has 3 amide bonds. The molecule has 0 radical (unpaired) electrons. The maximum absolute atomic E-state index is 13.8. The molecule has 0 aliphatic heterocycles. The van der Waals surface area contributed by atoms with Gasteiger partial charge in [-0.2, -0.15) is 17.9 Å². The number of anilines is 1. The summed E-state index contributed by atoms with van der Waals surface area (Å²) < 4.78 is 5.28. The van der Waals surface area contributed by atoms with E-state index in [-0.39, 0.29) is 12.3 Å². The Bertz CT molecular complexity index is 1130. The average molecular weight is 511 g/mol. The highest BCUT2D eigenvalue weighted by atomic mass is 32.1. The number of carbonyl (C=O) groups excluding carboxylic acids is 3. The maximum Gasteiger partial charge on any atom is 0.408 e. The van der Waals surface area contributed by atoms with E-state index in [1.54, 1.807) is 32.9 Å². The van der Waals surface area contributed by atoms with E-state index in [1.165, 1.54) is 4.90 Å². The Morgan fingerprint density at radius 1 is 1.03 bits per heavy atom. The highest BCUT2D eigenvalue weighted by molar-refractivity contribution is 7.80. The summed E-state index contributed by atoms with van der Waals surface area (Å²) in [6, 6.07) is 12.6. The fourth-order valence-electron chi connectivity index (χ4n) is 3.81. The van der Waals surface area contributed by atoms with Gasteiger partial charge < -0.3 is 20.3 Å². The SMILES string of the molecule is Cc1ccccc1NC(=O)C(c1c(C)cccc1C)N(CC#N)C(=O)C(CS)NC(=O)OC(C)(C)C. The fourth-order valence-corrected chi connectivity index (χ4v) is 4.06. The van der Waals surface area contributed by atoms with Crippen molar-refractivity contribution in [3.63, 3.8) is 0 Å². The van der Waals surface area contributed by atoms with Gasteiger partial charge in [-0.25, -0.2) is 4.79 Å². The normalized spacial score (nSPS) is 12.6. The van der Waals surface area contributed by atoms with Gasteiger partial charge in [0.2, 0.25) is 5.91 Å². The number of carbonyl (C=O) groups is 3. The van der Waals surface area contributed by atoms with Crippen molar-refractivity contribution in [1.82, 2.24) is 10.2 Å². The number of nitriles is 1. The van der Waals surface area contributed by atoms with Gasteiger partial charge in [0.25, 0.3) is 5.91 Å². The molecule has 2 rings (SSSR count). The summed E-state index contributed by atoms with van der Waals surface area (Å²) in [5, 5.41) is 15.1. The Kier molecular flexibility index (Phi) is 9.93. The van der Waals surface area contributed by atoms with E-state index in [4.69, 9.17) is 4.74 Å². The number of para-hydroxylation sites is 1. The predicted octanol–water partition coefficient (Wildman–Crippen LogP) is 4.47. The van der Waals surface area contributed by atoms with E-state index in [2.05, 4.69) is 23.3 Å². The smallest absolute Gasteiger partial charge is 0.408 e. The van der Waals surface area contributed by atoms with E-state index in [0.717, 1.165) is 16.7 Å². The van der Waals surface area contributed by atoms with Crippen LogP contribution < -0.4 is 10.6 Å². The van der Waals surface area contributed by atoms with Gasteiger partial charge in [0.1, 0.15) is 24.2 Å². The van der Waals surface area contributed by atoms with Gasteiger partial charge in [-0.15, -0.1) is 0 Å². The molecule has 0 aliphatic carbocycles. The van der Waals surface area contributed by atoms with Crippen LogP contribution in [-0.2, 0) is 14.3 Å². The summed E-state index contributed by atoms with van der Waals surface area (Å²) >= 11 is 4.24. The Morgan fingerprint density at radius 3 is 2.14 bits per heavy atom. The summed E-state index contributed by atoms with van der Waals surface area (Å²) in [6.07, 6.45) is -0.792. The third kappa shape index (κ3) is 7.49. The number of hydrogen-bond donors (Lipinski definition) is 3. The largest absolute Gasteiger partial charge is 0.444 e. The van der Waals surface area contributed by atoms with E-state index in [9.17, 15) is 19.6 Å². The molecule has 0 bridgehead atoms. The van der Waals surface area contributed by atoms with Gasteiger partial charge in [-0.1, -0.05) is 36.4 Å². The number of ether oxygens (including phenoxy) is 1. The zero-order chi connectivity index (χ0) is 27.0. The molecule has 0 saturated carbocycles. The highest BCUT2D eigenvalue weighted by Crippen LogP contribution is 2.30. The molecule has 0 aromatic heterocycles. The quantitative estimate of drug-likeness (QED) is 0.358. The molecular formula is C27H34N4O4S. The number of nitrogens with zero attached hydrogens (tertiary/aromatic N) is 2. The zero-order valence-electron chi connectivity index (χ0n) is 21.6. The molecule has 0 fully saturated rings. The molecule has 2 aromatic carbocycles. The number of nitrogens with one attached hydrogen (secondary N) is 2. The molecule has 0 spiro atoms. The third-order valence-electron chi connectivity index (χ3n) is 5.47. The molecule has 2 unspecified atom stereocenters. The van der Waals surface area contributed by atoms with E-state index in [0.29, 0.717) is 11.3 Å². The van der Waals surface area contributed by atoms with Crippen LogP contribution in [0.4, 0.5) is 10.5 Å². The van der Waals surface area contributed by atoms with Gasteiger partial charge >= 0.3 is 6.09 Å². The lowest BCUT2D eigenvalue weighted by atomic mass is 9.93. The van der Waals surface area contributed by atoms with Crippen molar-refractivity contribution in [3.8, 4) is 6.07 Å². The number of amides is 3. The molecule has 2 atom stereocenters. The standard InChI is InChI=1S/C27H34N4O4S/c1-17-10-7-8-13-20(17)29-24(32)23(22-18(2)11-9-12-19(22)3)31(15-14-28)25(33)21(16-36)30-26(34)35-27(4,5)6/h7-13,21,23,36H,15-16H2,1-6H3,(H,29,32)(H,30,34). The van der Waals surface area contributed by atoms with E-state index in [1.807, 2.05) is 57.2 Å². The topological polar surface area (TPSA) is 112 Å². The van der Waals surface area contributed by atoms with Gasteiger partial charge in [0.05, 0.1) is 6.07 Å². The molecule has 9 heteroatoms. The van der Waals surface area contributed by atoms with Crippen LogP contribution >= 0.6 is 12.6 Å². The number of rotatable bonds is 8. The van der Waals surface area contributed by atoms with Crippen molar-refractivity contribution in [1.29, 1.82) is 5.26 Å². The first kappa shape index (κ1) is 28.7. The first-order chi connectivity index (χ1) is 16.9. The average Bonchev–Trinajstić information content (AvgIpc) is 2.78. The van der Waals surface area contributed by atoms with Crippen LogP contribution in [0.15, 0.2) is 42.5 Å². The Morgan fingerprint density at radius 2 is 1.61 bits per heavy atom. The molecule has 0 heterocycles. The van der Waals surface area contributed by atoms with Crippen LogP contribution in [0.2, 0.25) is 0 Å². The Labute approximate surface area is 218 Å². The number of alkyl carbamates (subject to hydrolysis) is 1. The van der Waals surface area contributed by atoms with Crippen molar-refractivity contribution in [2.75, 3.05) is 17.6 Å².